The van der Waals surface area contributed by atoms with Gasteiger partial charge in [-0.1, -0.05) is 54.1 Å². The van der Waals surface area contributed by atoms with E-state index < -0.39 is 0 Å². The van der Waals surface area contributed by atoms with Crippen molar-refractivity contribution < 1.29 is 5.11 Å². The molecule has 1 aliphatic heterocycles. The maximum absolute atomic E-state index is 14.0. The van der Waals surface area contributed by atoms with Crippen LogP contribution in [0.4, 0.5) is 5.69 Å². The lowest BCUT2D eigenvalue weighted by Crippen LogP contribution is -2.49. The molecule has 0 radical (unpaired) electrons. The number of aromatic hydroxyl groups is 1. The Morgan fingerprint density at radius 3 is 2.25 bits per heavy atom. The molecular weight excluding hydrogens is 448 g/mol. The molecule has 1 atom stereocenters. The van der Waals surface area contributed by atoms with Gasteiger partial charge in [0.05, 0.1) is 23.8 Å². The van der Waals surface area contributed by atoms with Crippen molar-refractivity contribution in [2.24, 2.45) is 0 Å². The monoisotopic (exact) mass is 480 g/mol. The zero-order valence-corrected chi connectivity index (χ0v) is 20.8. The molecule has 1 aliphatic rings. The Hall–Kier alpha value is -3.90. The zero-order valence-electron chi connectivity index (χ0n) is 20.8. The Morgan fingerprint density at radius 2 is 1.58 bits per heavy atom. The highest BCUT2D eigenvalue weighted by atomic mass is 16.3. The van der Waals surface area contributed by atoms with E-state index in [0.717, 1.165) is 43.0 Å². The molecule has 2 aromatic carbocycles. The lowest BCUT2D eigenvalue weighted by atomic mass is 9.95. The minimum atomic E-state index is -0.341. The maximum atomic E-state index is 14.0. The molecule has 5 rings (SSSR count). The van der Waals surface area contributed by atoms with E-state index in [1.807, 2.05) is 31.2 Å². The number of piperazine rings is 1. The number of para-hydroxylation sites is 1. The predicted octanol–water partition coefficient (Wildman–Crippen LogP) is 4.53. The van der Waals surface area contributed by atoms with Crippen LogP contribution in [0.15, 0.2) is 89.9 Å². The van der Waals surface area contributed by atoms with Gasteiger partial charge in [-0.15, -0.1) is 0 Å². The molecule has 6 heteroatoms. The molecule has 1 unspecified atom stereocenters. The number of rotatable bonds is 6. The van der Waals surface area contributed by atoms with Gasteiger partial charge >= 0.3 is 0 Å². The summed E-state index contributed by atoms with van der Waals surface area (Å²) in [6.07, 6.45) is 1.73. The van der Waals surface area contributed by atoms with Crippen molar-refractivity contribution in [1.29, 1.82) is 0 Å². The summed E-state index contributed by atoms with van der Waals surface area (Å²) in [6, 6.07) is 25.8. The number of hydrogen-bond acceptors (Lipinski definition) is 5. The molecule has 0 amide bonds. The summed E-state index contributed by atoms with van der Waals surface area (Å²) in [4.78, 5) is 23.1. The topological polar surface area (TPSA) is 61.6 Å². The first-order valence-electron chi connectivity index (χ1n) is 12.4. The van der Waals surface area contributed by atoms with Gasteiger partial charge in [0.2, 0.25) is 0 Å². The van der Waals surface area contributed by atoms with E-state index in [9.17, 15) is 9.90 Å². The van der Waals surface area contributed by atoms with Crippen LogP contribution in [-0.2, 0) is 6.54 Å². The zero-order chi connectivity index (χ0) is 25.1. The number of pyridine rings is 2. The van der Waals surface area contributed by atoms with Gasteiger partial charge in [-0.05, 0) is 49.7 Å². The lowest BCUT2D eigenvalue weighted by Gasteiger charge is -2.40. The normalized spacial score (nSPS) is 15.1. The van der Waals surface area contributed by atoms with Crippen molar-refractivity contribution in [2.45, 2.75) is 26.4 Å². The number of aryl methyl sites for hydroxylation is 2. The van der Waals surface area contributed by atoms with Crippen LogP contribution in [-0.4, -0.2) is 45.7 Å². The van der Waals surface area contributed by atoms with Gasteiger partial charge in [0, 0.05) is 43.8 Å². The first kappa shape index (κ1) is 23.8. The third-order valence-electron chi connectivity index (χ3n) is 7.04. The number of hydrogen-bond donors (Lipinski definition) is 1. The van der Waals surface area contributed by atoms with Crippen LogP contribution in [0, 0.1) is 13.8 Å². The highest BCUT2D eigenvalue weighted by Crippen LogP contribution is 2.34. The summed E-state index contributed by atoms with van der Waals surface area (Å²) in [6.45, 7) is 7.53. The smallest absolute Gasteiger partial charge is 0.260 e. The van der Waals surface area contributed by atoms with Crippen molar-refractivity contribution >= 4 is 5.69 Å². The molecule has 1 fully saturated rings. The van der Waals surface area contributed by atoms with E-state index in [1.165, 1.54) is 5.69 Å². The largest absolute Gasteiger partial charge is 0.507 e. The summed E-state index contributed by atoms with van der Waals surface area (Å²) in [7, 11) is 0. The minimum Gasteiger partial charge on any atom is -0.507 e. The van der Waals surface area contributed by atoms with Crippen LogP contribution in [0.3, 0.4) is 0 Å². The molecule has 6 nitrogen and oxygen atoms in total. The fourth-order valence-electron chi connectivity index (χ4n) is 5.06. The second-order valence-electron chi connectivity index (χ2n) is 9.47. The van der Waals surface area contributed by atoms with Gasteiger partial charge in [0.15, 0.2) is 0 Å². The van der Waals surface area contributed by atoms with Crippen LogP contribution in [0.5, 0.6) is 5.75 Å². The summed E-state index contributed by atoms with van der Waals surface area (Å²) in [5.74, 6) is 0.0471. The quantitative estimate of drug-likeness (QED) is 0.440. The van der Waals surface area contributed by atoms with Crippen LogP contribution in [0.1, 0.15) is 34.1 Å². The van der Waals surface area contributed by atoms with Crippen LogP contribution in [0.2, 0.25) is 0 Å². The average Bonchev–Trinajstić information content (AvgIpc) is 2.91. The van der Waals surface area contributed by atoms with E-state index in [0.29, 0.717) is 17.8 Å². The standard InChI is InChI=1S/C30H32N4O2/c1-22-11-13-24(14-12-22)29(33-18-16-32(17-19-33)26-9-4-3-5-10-26)28-27(35)20-23(2)34(30(28)36)21-25-8-6-7-15-31-25/h3-15,20,29,35H,16-19,21H2,1-2H3. The van der Waals surface area contributed by atoms with Gasteiger partial charge in [-0.3, -0.25) is 14.7 Å². The number of aromatic nitrogens is 2. The van der Waals surface area contributed by atoms with E-state index in [4.69, 9.17) is 0 Å². The summed E-state index contributed by atoms with van der Waals surface area (Å²) in [5, 5.41) is 11.1. The SMILES string of the molecule is Cc1ccc(C(c2c(O)cc(C)n(Cc3ccccn3)c2=O)N2CCN(c3ccccc3)CC2)cc1. The van der Waals surface area contributed by atoms with Gasteiger partial charge in [-0.25, -0.2) is 0 Å². The lowest BCUT2D eigenvalue weighted by molar-refractivity contribution is 0.207. The van der Waals surface area contributed by atoms with Crippen molar-refractivity contribution in [1.82, 2.24) is 14.5 Å². The van der Waals surface area contributed by atoms with Gasteiger partial charge in [0.25, 0.3) is 5.56 Å². The van der Waals surface area contributed by atoms with E-state index in [1.54, 1.807) is 16.8 Å². The Labute approximate surface area is 212 Å². The molecule has 3 heterocycles. The third-order valence-corrected chi connectivity index (χ3v) is 7.04. The molecule has 4 aromatic rings. The fourth-order valence-corrected chi connectivity index (χ4v) is 5.06. The summed E-state index contributed by atoms with van der Waals surface area (Å²) < 4.78 is 1.72. The first-order valence-corrected chi connectivity index (χ1v) is 12.4. The molecular formula is C30H32N4O2. The Morgan fingerprint density at radius 1 is 0.889 bits per heavy atom. The predicted molar refractivity (Wildman–Crippen MR) is 144 cm³/mol. The third kappa shape index (κ3) is 4.90. The van der Waals surface area contributed by atoms with Crippen molar-refractivity contribution in [2.75, 3.05) is 31.1 Å². The van der Waals surface area contributed by atoms with E-state index >= 15 is 0 Å². The van der Waals surface area contributed by atoms with E-state index in [2.05, 4.69) is 70.2 Å². The molecule has 0 bridgehead atoms. The molecule has 0 aliphatic carbocycles. The van der Waals surface area contributed by atoms with Gasteiger partial charge in [-0.2, -0.15) is 0 Å². The summed E-state index contributed by atoms with van der Waals surface area (Å²) >= 11 is 0. The highest BCUT2D eigenvalue weighted by molar-refractivity contribution is 5.47. The molecule has 1 N–H and O–H groups in total. The van der Waals surface area contributed by atoms with Crippen LogP contribution >= 0.6 is 0 Å². The average molecular weight is 481 g/mol. The van der Waals surface area contributed by atoms with Crippen molar-refractivity contribution in [3.05, 3.63) is 123 Å². The molecule has 184 valence electrons. The highest BCUT2D eigenvalue weighted by Gasteiger charge is 2.31. The molecule has 2 aromatic heterocycles. The van der Waals surface area contributed by atoms with Crippen LogP contribution in [0.25, 0.3) is 0 Å². The number of benzene rings is 2. The Bertz CT molecular complexity index is 1360. The van der Waals surface area contributed by atoms with Gasteiger partial charge in [0.1, 0.15) is 5.75 Å². The first-order chi connectivity index (χ1) is 17.5. The maximum Gasteiger partial charge on any atom is 0.260 e. The minimum absolute atomic E-state index is 0.0471. The molecule has 36 heavy (non-hydrogen) atoms. The molecule has 0 saturated carbocycles. The summed E-state index contributed by atoms with van der Waals surface area (Å²) in [5.41, 5.74) is 5.15. The van der Waals surface area contributed by atoms with Gasteiger partial charge < -0.3 is 14.6 Å². The van der Waals surface area contributed by atoms with Crippen LogP contribution < -0.4 is 10.5 Å². The Kier molecular flexibility index (Phi) is 6.87. The second-order valence-corrected chi connectivity index (χ2v) is 9.47. The molecule has 1 saturated heterocycles. The van der Waals surface area contributed by atoms with Crippen molar-refractivity contribution in [3.8, 4) is 5.75 Å². The number of nitrogens with zero attached hydrogens (tertiary/aromatic N) is 4. The molecule has 0 spiro atoms. The Balaban J connectivity index is 1.53. The van der Waals surface area contributed by atoms with E-state index in [-0.39, 0.29) is 17.4 Å². The van der Waals surface area contributed by atoms with Crippen molar-refractivity contribution in [3.63, 3.8) is 0 Å². The number of anilines is 1. The fraction of sp³-hybridized carbons (Fsp3) is 0.267. The second kappa shape index (κ2) is 10.4.